The zero-order chi connectivity index (χ0) is 18.6. The number of halogens is 1. The highest BCUT2D eigenvalue weighted by molar-refractivity contribution is 9.10. The van der Waals surface area contributed by atoms with E-state index in [1.807, 2.05) is 73.7 Å². The molecule has 3 nitrogen and oxygen atoms in total. The highest BCUT2D eigenvalue weighted by atomic mass is 79.9. The number of aromatic nitrogens is 1. The van der Waals surface area contributed by atoms with Gasteiger partial charge in [-0.15, -0.1) is 0 Å². The zero-order valence-electron chi connectivity index (χ0n) is 14.8. The van der Waals surface area contributed by atoms with E-state index in [0.717, 1.165) is 38.0 Å². The molecule has 4 heteroatoms. The number of benzene rings is 3. The van der Waals surface area contributed by atoms with E-state index >= 15 is 0 Å². The summed E-state index contributed by atoms with van der Waals surface area (Å²) >= 11 is 3.56. The summed E-state index contributed by atoms with van der Waals surface area (Å²) in [6.07, 6.45) is 5.73. The second kappa shape index (κ2) is 7.72. The van der Waals surface area contributed by atoms with E-state index in [2.05, 4.69) is 38.0 Å². The number of aryl methyl sites for hydroxylation is 1. The fourth-order valence-electron chi connectivity index (χ4n) is 2.75. The Morgan fingerprint density at radius 2 is 1.85 bits per heavy atom. The van der Waals surface area contributed by atoms with Crippen molar-refractivity contribution in [3.05, 3.63) is 88.4 Å². The van der Waals surface area contributed by atoms with Gasteiger partial charge in [-0.25, -0.2) is 4.98 Å². The van der Waals surface area contributed by atoms with Crippen molar-refractivity contribution in [1.29, 1.82) is 0 Å². The molecule has 3 aromatic carbocycles. The molecule has 0 aliphatic carbocycles. The van der Waals surface area contributed by atoms with Crippen molar-refractivity contribution in [3.8, 4) is 11.5 Å². The van der Waals surface area contributed by atoms with Crippen LogP contribution < -0.4 is 0 Å². The number of rotatable bonds is 4. The smallest absolute Gasteiger partial charge is 0.227 e. The van der Waals surface area contributed by atoms with Crippen LogP contribution in [0.4, 0.5) is 5.69 Å². The summed E-state index contributed by atoms with van der Waals surface area (Å²) in [5, 5.41) is 0. The number of hydrogen-bond acceptors (Lipinski definition) is 3. The molecule has 0 aliphatic heterocycles. The third-order valence-electron chi connectivity index (χ3n) is 4.12. The monoisotopic (exact) mass is 416 g/mol. The molecular formula is C23H17BrN2O. The van der Waals surface area contributed by atoms with Crippen LogP contribution in [0.3, 0.4) is 0 Å². The molecule has 0 amide bonds. The van der Waals surface area contributed by atoms with Crippen molar-refractivity contribution in [2.24, 2.45) is 4.99 Å². The van der Waals surface area contributed by atoms with E-state index in [-0.39, 0.29) is 0 Å². The predicted molar refractivity (Wildman–Crippen MR) is 116 cm³/mol. The molecule has 0 spiro atoms. The molecular weight excluding hydrogens is 400 g/mol. The number of hydrogen-bond donors (Lipinski definition) is 0. The fraction of sp³-hybridized carbons (Fsp3) is 0.0435. The van der Waals surface area contributed by atoms with Gasteiger partial charge < -0.3 is 4.42 Å². The average molecular weight is 417 g/mol. The van der Waals surface area contributed by atoms with Gasteiger partial charge in [0.25, 0.3) is 0 Å². The van der Waals surface area contributed by atoms with E-state index in [9.17, 15) is 0 Å². The van der Waals surface area contributed by atoms with Gasteiger partial charge in [0.05, 0.1) is 5.69 Å². The molecule has 0 aliphatic rings. The van der Waals surface area contributed by atoms with Crippen LogP contribution in [0.15, 0.2) is 86.7 Å². The molecule has 1 aromatic heterocycles. The van der Waals surface area contributed by atoms with Crippen molar-refractivity contribution >= 4 is 45.0 Å². The second-order valence-corrected chi connectivity index (χ2v) is 7.06. The lowest BCUT2D eigenvalue weighted by molar-refractivity contribution is 0.620. The zero-order valence-corrected chi connectivity index (χ0v) is 16.3. The highest BCUT2D eigenvalue weighted by Gasteiger charge is 2.10. The number of nitrogens with zero attached hydrogens (tertiary/aromatic N) is 2. The third-order valence-corrected chi connectivity index (χ3v) is 4.79. The first-order chi connectivity index (χ1) is 13.2. The molecule has 132 valence electrons. The SMILES string of the molecule is Cc1ccc2oc(-c3ccc(Br)c(N=C/C=C/c4ccccc4)c3)nc2c1. The molecule has 0 fully saturated rings. The van der Waals surface area contributed by atoms with Gasteiger partial charge >= 0.3 is 0 Å². The van der Waals surface area contributed by atoms with Gasteiger partial charge in [-0.2, -0.15) is 0 Å². The Bertz CT molecular complexity index is 1140. The van der Waals surface area contributed by atoms with Gasteiger partial charge in [0, 0.05) is 16.3 Å². The maximum Gasteiger partial charge on any atom is 0.227 e. The van der Waals surface area contributed by atoms with Crippen LogP contribution in [0.25, 0.3) is 28.6 Å². The van der Waals surface area contributed by atoms with E-state index in [4.69, 9.17) is 4.42 Å². The molecule has 0 saturated carbocycles. The normalized spacial score (nSPS) is 11.8. The first-order valence-electron chi connectivity index (χ1n) is 8.62. The fourth-order valence-corrected chi connectivity index (χ4v) is 3.10. The highest BCUT2D eigenvalue weighted by Crippen LogP contribution is 2.32. The van der Waals surface area contributed by atoms with Crippen LogP contribution in [0.2, 0.25) is 0 Å². The Hall–Kier alpha value is -2.98. The lowest BCUT2D eigenvalue weighted by Gasteiger charge is -2.00. The van der Waals surface area contributed by atoms with Gasteiger partial charge in [0.1, 0.15) is 5.52 Å². The number of oxazole rings is 1. The average Bonchev–Trinajstić information content (AvgIpc) is 3.10. The van der Waals surface area contributed by atoms with Gasteiger partial charge in [0.15, 0.2) is 5.58 Å². The van der Waals surface area contributed by atoms with Crippen molar-refractivity contribution in [2.75, 3.05) is 0 Å². The standard InChI is InChI=1S/C23H17BrN2O/c1-16-9-12-22-21(14-16)26-23(27-22)18-10-11-19(24)20(15-18)25-13-5-8-17-6-3-2-4-7-17/h2-15H,1H3/b8-5+,25-13?. The van der Waals surface area contributed by atoms with E-state index in [1.54, 1.807) is 6.21 Å². The number of allylic oxidation sites excluding steroid dienone is 1. The number of aliphatic imine (C=N–C) groups is 1. The van der Waals surface area contributed by atoms with E-state index < -0.39 is 0 Å². The van der Waals surface area contributed by atoms with Crippen LogP contribution in [-0.4, -0.2) is 11.2 Å². The predicted octanol–water partition coefficient (Wildman–Crippen LogP) is 6.98. The second-order valence-electron chi connectivity index (χ2n) is 6.20. The van der Waals surface area contributed by atoms with Crippen LogP contribution in [-0.2, 0) is 0 Å². The molecule has 4 aromatic rings. The molecule has 27 heavy (non-hydrogen) atoms. The maximum atomic E-state index is 5.90. The first-order valence-corrected chi connectivity index (χ1v) is 9.41. The molecule has 0 atom stereocenters. The summed E-state index contributed by atoms with van der Waals surface area (Å²) in [6.45, 7) is 2.04. The van der Waals surface area contributed by atoms with Crippen LogP contribution in [0, 0.1) is 6.92 Å². The van der Waals surface area contributed by atoms with Crippen molar-refractivity contribution in [2.45, 2.75) is 6.92 Å². The Morgan fingerprint density at radius 1 is 1.00 bits per heavy atom. The Morgan fingerprint density at radius 3 is 2.70 bits per heavy atom. The van der Waals surface area contributed by atoms with Gasteiger partial charge in [-0.3, -0.25) is 4.99 Å². The van der Waals surface area contributed by atoms with Crippen molar-refractivity contribution < 1.29 is 4.42 Å². The Kier molecular flexibility index (Phi) is 4.99. The summed E-state index contributed by atoms with van der Waals surface area (Å²) in [4.78, 5) is 9.15. The molecule has 0 unspecified atom stereocenters. The van der Waals surface area contributed by atoms with E-state index in [0.29, 0.717) is 5.89 Å². The lowest BCUT2D eigenvalue weighted by Crippen LogP contribution is -1.79. The summed E-state index contributed by atoms with van der Waals surface area (Å²) in [6, 6.07) is 22.0. The Balaban J connectivity index is 1.60. The minimum absolute atomic E-state index is 0.597. The summed E-state index contributed by atoms with van der Waals surface area (Å²) < 4.78 is 6.81. The van der Waals surface area contributed by atoms with E-state index in [1.165, 1.54) is 0 Å². The molecule has 4 rings (SSSR count). The Labute approximate surface area is 166 Å². The molecule has 0 saturated heterocycles. The first kappa shape index (κ1) is 17.4. The largest absolute Gasteiger partial charge is 0.436 e. The topological polar surface area (TPSA) is 38.4 Å². The summed E-state index contributed by atoms with van der Waals surface area (Å²) in [5.41, 5.74) is 5.67. The minimum Gasteiger partial charge on any atom is -0.436 e. The maximum absolute atomic E-state index is 5.90. The van der Waals surface area contributed by atoms with Crippen molar-refractivity contribution in [3.63, 3.8) is 0 Å². The third kappa shape index (κ3) is 4.07. The van der Waals surface area contributed by atoms with Gasteiger partial charge in [-0.1, -0.05) is 42.5 Å². The minimum atomic E-state index is 0.597. The van der Waals surface area contributed by atoms with Crippen molar-refractivity contribution in [1.82, 2.24) is 4.98 Å². The molecule has 0 bridgehead atoms. The lowest BCUT2D eigenvalue weighted by atomic mass is 10.2. The van der Waals surface area contributed by atoms with Crippen LogP contribution >= 0.6 is 15.9 Å². The molecule has 0 N–H and O–H groups in total. The summed E-state index contributed by atoms with van der Waals surface area (Å²) in [5.74, 6) is 0.597. The number of fused-ring (bicyclic) bond motifs is 1. The van der Waals surface area contributed by atoms with Gasteiger partial charge in [0.2, 0.25) is 5.89 Å². The quantitative estimate of drug-likeness (QED) is 0.336. The molecule has 1 heterocycles. The van der Waals surface area contributed by atoms with Gasteiger partial charge in [-0.05, 0) is 70.4 Å². The summed E-state index contributed by atoms with van der Waals surface area (Å²) in [7, 11) is 0. The molecule has 0 radical (unpaired) electrons. The van der Waals surface area contributed by atoms with Crippen LogP contribution in [0.5, 0.6) is 0 Å². The van der Waals surface area contributed by atoms with Crippen LogP contribution in [0.1, 0.15) is 11.1 Å².